The van der Waals surface area contributed by atoms with Crippen molar-refractivity contribution in [3.05, 3.63) is 40.6 Å². The first-order chi connectivity index (χ1) is 9.08. The average Bonchev–Trinajstić information content (AvgIpc) is 2.42. The molecule has 0 radical (unpaired) electrons. The average molecular weight is 277 g/mol. The van der Waals surface area contributed by atoms with Gasteiger partial charge < -0.3 is 16.3 Å². The van der Waals surface area contributed by atoms with Crippen LogP contribution < -0.4 is 17.0 Å². The minimum absolute atomic E-state index is 0.188. The number of rotatable bonds is 4. The fourth-order valence-corrected chi connectivity index (χ4v) is 2.03. The summed E-state index contributed by atoms with van der Waals surface area (Å²) in [7, 11) is 0. The van der Waals surface area contributed by atoms with Crippen LogP contribution in [0.15, 0.2) is 39.9 Å². The highest BCUT2D eigenvalue weighted by molar-refractivity contribution is 8.03. The van der Waals surface area contributed by atoms with Crippen LogP contribution in [0.25, 0.3) is 0 Å². The van der Waals surface area contributed by atoms with Gasteiger partial charge in [0.1, 0.15) is 10.7 Å². The Morgan fingerprint density at radius 1 is 1.53 bits per heavy atom. The molecule has 1 rings (SSSR count). The van der Waals surface area contributed by atoms with E-state index in [9.17, 15) is 4.79 Å². The summed E-state index contributed by atoms with van der Waals surface area (Å²) in [5.41, 5.74) is 8.26. The molecule has 0 bridgehead atoms. The maximum absolute atomic E-state index is 10.8. The van der Waals surface area contributed by atoms with Crippen molar-refractivity contribution in [1.29, 1.82) is 0 Å². The molecule has 6 N–H and O–H groups in total. The molecule has 5 nitrogen and oxygen atoms in total. The van der Waals surface area contributed by atoms with E-state index in [0.717, 1.165) is 28.6 Å². The van der Waals surface area contributed by atoms with E-state index in [4.69, 9.17) is 16.7 Å². The van der Waals surface area contributed by atoms with Gasteiger partial charge in [-0.2, -0.15) is 0 Å². The SMILES string of the molecule is CCC#Cc1cccc(S/C(NN)=C(/N)C(=O)O)c1. The number of thioether (sulfide) groups is 1. The van der Waals surface area contributed by atoms with Crippen molar-refractivity contribution in [3.63, 3.8) is 0 Å². The molecular formula is C13H15N3O2S. The molecule has 0 saturated heterocycles. The van der Waals surface area contributed by atoms with E-state index in [1.165, 1.54) is 0 Å². The Morgan fingerprint density at radius 3 is 2.84 bits per heavy atom. The van der Waals surface area contributed by atoms with Crippen molar-refractivity contribution in [2.75, 3.05) is 0 Å². The summed E-state index contributed by atoms with van der Waals surface area (Å²) < 4.78 is 0. The van der Waals surface area contributed by atoms with Gasteiger partial charge >= 0.3 is 5.97 Å². The van der Waals surface area contributed by atoms with Gasteiger partial charge in [-0.25, -0.2) is 10.6 Å². The van der Waals surface area contributed by atoms with Crippen molar-refractivity contribution < 1.29 is 9.90 Å². The summed E-state index contributed by atoms with van der Waals surface area (Å²) in [5.74, 6) is 10.0. The second kappa shape index (κ2) is 7.36. The maximum atomic E-state index is 10.8. The summed E-state index contributed by atoms with van der Waals surface area (Å²) in [6.45, 7) is 1.97. The number of hydrazine groups is 1. The Kier molecular flexibility index (Phi) is 5.79. The highest BCUT2D eigenvalue weighted by atomic mass is 32.2. The highest BCUT2D eigenvalue weighted by Crippen LogP contribution is 2.26. The summed E-state index contributed by atoms with van der Waals surface area (Å²) in [4.78, 5) is 11.6. The van der Waals surface area contributed by atoms with Gasteiger partial charge in [-0.3, -0.25) is 0 Å². The van der Waals surface area contributed by atoms with Crippen LogP contribution in [-0.2, 0) is 4.79 Å². The standard InChI is InChI=1S/C13H15N3O2S/c1-2-3-5-9-6-4-7-10(8-9)19-12(16-15)11(14)13(17)18/h4,6-8,16H,2,14-15H2,1H3,(H,17,18)/b12-11+. The minimum Gasteiger partial charge on any atom is -0.477 e. The van der Waals surface area contributed by atoms with Crippen LogP contribution in [0.3, 0.4) is 0 Å². The maximum Gasteiger partial charge on any atom is 0.354 e. The third kappa shape index (κ3) is 4.58. The fraction of sp³-hybridized carbons (Fsp3) is 0.154. The molecule has 0 unspecified atom stereocenters. The van der Waals surface area contributed by atoms with Crippen molar-refractivity contribution in [3.8, 4) is 11.8 Å². The van der Waals surface area contributed by atoms with Gasteiger partial charge in [0.2, 0.25) is 0 Å². The predicted octanol–water partition coefficient (Wildman–Crippen LogP) is 1.22. The summed E-state index contributed by atoms with van der Waals surface area (Å²) in [6.07, 6.45) is 0.777. The molecule has 1 aromatic carbocycles. The van der Waals surface area contributed by atoms with Crippen LogP contribution in [0.5, 0.6) is 0 Å². The number of hydrogen-bond acceptors (Lipinski definition) is 5. The molecule has 0 heterocycles. The fourth-order valence-electron chi connectivity index (χ4n) is 1.20. The lowest BCUT2D eigenvalue weighted by Crippen LogP contribution is -2.26. The predicted molar refractivity (Wildman–Crippen MR) is 75.6 cm³/mol. The monoisotopic (exact) mass is 277 g/mol. The first-order valence-corrected chi connectivity index (χ1v) is 6.36. The summed E-state index contributed by atoms with van der Waals surface area (Å²) >= 11 is 1.14. The van der Waals surface area contributed by atoms with E-state index in [0.29, 0.717) is 0 Å². The largest absolute Gasteiger partial charge is 0.477 e. The third-order valence-corrected chi connectivity index (χ3v) is 3.10. The second-order valence-corrected chi connectivity index (χ2v) is 4.56. The van der Waals surface area contributed by atoms with Crippen LogP contribution in [0.2, 0.25) is 0 Å². The molecule has 1 aromatic rings. The van der Waals surface area contributed by atoms with Gasteiger partial charge in [-0.05, 0) is 18.2 Å². The van der Waals surface area contributed by atoms with Crippen molar-refractivity contribution in [2.45, 2.75) is 18.2 Å². The van der Waals surface area contributed by atoms with Gasteiger partial charge in [0.05, 0.1) is 0 Å². The van der Waals surface area contributed by atoms with Gasteiger partial charge in [-0.15, -0.1) is 0 Å². The quantitative estimate of drug-likeness (QED) is 0.217. The molecule has 19 heavy (non-hydrogen) atoms. The van der Waals surface area contributed by atoms with E-state index in [1.807, 2.05) is 31.2 Å². The van der Waals surface area contributed by atoms with Crippen molar-refractivity contribution in [1.82, 2.24) is 5.43 Å². The van der Waals surface area contributed by atoms with E-state index < -0.39 is 5.97 Å². The lowest BCUT2D eigenvalue weighted by Gasteiger charge is -2.08. The normalized spacial score (nSPS) is 11.1. The molecule has 0 atom stereocenters. The molecular weight excluding hydrogens is 262 g/mol. The smallest absolute Gasteiger partial charge is 0.354 e. The Bertz CT molecular complexity index is 558. The second-order valence-electron chi connectivity index (χ2n) is 3.48. The molecule has 0 saturated carbocycles. The number of carboxylic acids is 1. The van der Waals surface area contributed by atoms with E-state index in [-0.39, 0.29) is 10.7 Å². The number of carbonyl (C=O) groups is 1. The molecule has 0 spiro atoms. The van der Waals surface area contributed by atoms with Gasteiger partial charge in [0, 0.05) is 16.9 Å². The van der Waals surface area contributed by atoms with Gasteiger partial charge in [-0.1, -0.05) is 36.6 Å². The topological polar surface area (TPSA) is 101 Å². The zero-order valence-corrected chi connectivity index (χ0v) is 11.3. The number of hydrogen-bond donors (Lipinski definition) is 4. The van der Waals surface area contributed by atoms with E-state index in [2.05, 4.69) is 17.3 Å². The van der Waals surface area contributed by atoms with Crippen LogP contribution >= 0.6 is 11.8 Å². The van der Waals surface area contributed by atoms with E-state index in [1.54, 1.807) is 0 Å². The Morgan fingerprint density at radius 2 is 2.26 bits per heavy atom. The Balaban J connectivity index is 2.99. The highest BCUT2D eigenvalue weighted by Gasteiger charge is 2.11. The minimum atomic E-state index is -1.22. The van der Waals surface area contributed by atoms with Crippen molar-refractivity contribution in [2.24, 2.45) is 11.6 Å². The molecule has 6 heteroatoms. The summed E-state index contributed by atoms with van der Waals surface area (Å²) in [6, 6.07) is 7.40. The number of nitrogens with two attached hydrogens (primary N) is 2. The molecule has 0 aliphatic heterocycles. The molecule has 0 aromatic heterocycles. The lowest BCUT2D eigenvalue weighted by atomic mass is 10.2. The molecule has 0 amide bonds. The van der Waals surface area contributed by atoms with Gasteiger partial charge in [0.15, 0.2) is 0 Å². The van der Waals surface area contributed by atoms with Crippen LogP contribution in [0.4, 0.5) is 0 Å². The Hall–Kier alpha value is -2.10. The zero-order chi connectivity index (χ0) is 14.3. The number of carboxylic acid groups (broad SMARTS) is 1. The first-order valence-electron chi connectivity index (χ1n) is 5.55. The van der Waals surface area contributed by atoms with E-state index >= 15 is 0 Å². The third-order valence-electron chi connectivity index (χ3n) is 2.07. The van der Waals surface area contributed by atoms with Crippen LogP contribution in [0, 0.1) is 11.8 Å². The lowest BCUT2D eigenvalue weighted by molar-refractivity contribution is -0.132. The molecule has 0 aliphatic rings. The number of nitrogens with one attached hydrogen (secondary N) is 1. The zero-order valence-electron chi connectivity index (χ0n) is 10.4. The number of benzene rings is 1. The van der Waals surface area contributed by atoms with Gasteiger partial charge in [0.25, 0.3) is 0 Å². The molecule has 0 aliphatic carbocycles. The molecule has 100 valence electrons. The van der Waals surface area contributed by atoms with Crippen LogP contribution in [0.1, 0.15) is 18.9 Å². The summed E-state index contributed by atoms with van der Waals surface area (Å²) in [5, 5.41) is 9.01. The number of aliphatic carboxylic acids is 1. The molecule has 0 fully saturated rings. The van der Waals surface area contributed by atoms with Crippen molar-refractivity contribution >= 4 is 17.7 Å². The first kappa shape index (κ1) is 15.0. The van der Waals surface area contributed by atoms with Crippen LogP contribution in [-0.4, -0.2) is 11.1 Å². The Labute approximate surface area is 116 Å².